The summed E-state index contributed by atoms with van der Waals surface area (Å²) in [6.07, 6.45) is 2.14. The molecule has 8 nitrogen and oxygen atoms in total. The monoisotopic (exact) mass is 450 g/mol. The first-order chi connectivity index (χ1) is 16.0. The molecule has 3 heterocycles. The molecule has 1 unspecified atom stereocenters. The maximum atomic E-state index is 11.3. The Hall–Kier alpha value is -2.96. The SMILES string of the molecule is COCCOc1cnc2c(C(O)CN3CCC(O)CC3)c(C)n(-c3ccc(C#N)cc3)c2c1. The molecule has 0 spiro atoms. The molecule has 1 aromatic carbocycles. The van der Waals surface area contributed by atoms with E-state index in [2.05, 4.69) is 16.0 Å². The number of aliphatic hydroxyl groups excluding tert-OH is 2. The van der Waals surface area contributed by atoms with Crippen molar-refractivity contribution in [3.05, 3.63) is 53.3 Å². The van der Waals surface area contributed by atoms with Gasteiger partial charge in [-0.05, 0) is 44.0 Å². The van der Waals surface area contributed by atoms with Gasteiger partial charge in [0.25, 0.3) is 0 Å². The van der Waals surface area contributed by atoms with Crippen molar-refractivity contribution in [1.82, 2.24) is 14.5 Å². The highest BCUT2D eigenvalue weighted by Crippen LogP contribution is 2.34. The van der Waals surface area contributed by atoms with Crippen LogP contribution in [-0.2, 0) is 4.74 Å². The zero-order chi connectivity index (χ0) is 23.4. The quantitative estimate of drug-likeness (QED) is 0.509. The predicted molar refractivity (Wildman–Crippen MR) is 125 cm³/mol. The summed E-state index contributed by atoms with van der Waals surface area (Å²) in [5.74, 6) is 0.623. The highest BCUT2D eigenvalue weighted by molar-refractivity contribution is 5.85. The number of aliphatic hydroxyl groups is 2. The Labute approximate surface area is 193 Å². The van der Waals surface area contributed by atoms with E-state index >= 15 is 0 Å². The lowest BCUT2D eigenvalue weighted by molar-refractivity contribution is 0.0509. The third-order valence-corrected chi connectivity index (χ3v) is 6.20. The Morgan fingerprint density at radius 2 is 1.94 bits per heavy atom. The van der Waals surface area contributed by atoms with Crippen LogP contribution in [0.15, 0.2) is 36.5 Å². The molecule has 4 rings (SSSR count). The Bertz CT molecular complexity index is 1130. The number of aromatic nitrogens is 2. The highest BCUT2D eigenvalue weighted by Gasteiger charge is 2.26. The number of pyridine rings is 1. The topological polar surface area (TPSA) is 104 Å². The van der Waals surface area contributed by atoms with E-state index in [0.29, 0.717) is 31.1 Å². The number of likely N-dealkylation sites (tertiary alicyclic amines) is 1. The first-order valence-corrected chi connectivity index (χ1v) is 11.2. The number of benzene rings is 1. The van der Waals surface area contributed by atoms with E-state index in [0.717, 1.165) is 53.9 Å². The molecule has 2 N–H and O–H groups in total. The second-order valence-electron chi connectivity index (χ2n) is 8.42. The van der Waals surface area contributed by atoms with Crippen molar-refractivity contribution in [2.24, 2.45) is 0 Å². The van der Waals surface area contributed by atoms with Crippen LogP contribution in [0.5, 0.6) is 5.75 Å². The maximum absolute atomic E-state index is 11.3. The van der Waals surface area contributed by atoms with E-state index in [1.54, 1.807) is 25.4 Å². The number of methoxy groups -OCH3 is 1. The molecule has 0 aliphatic carbocycles. The van der Waals surface area contributed by atoms with Gasteiger partial charge in [-0.3, -0.25) is 4.98 Å². The number of nitriles is 1. The predicted octanol–water partition coefficient (Wildman–Crippen LogP) is 2.72. The standard InChI is InChI=1S/C25H30N4O4/c1-17-24(23(31)16-28-9-7-20(30)8-10-28)25-22(13-21(15-27-25)33-12-11-32-2)29(17)19-5-3-18(14-26)4-6-19/h3-6,13,15,20,23,30-31H,7-12,16H2,1-2H3. The van der Waals surface area contributed by atoms with Gasteiger partial charge in [-0.1, -0.05) is 0 Å². The zero-order valence-corrected chi connectivity index (χ0v) is 19.1. The van der Waals surface area contributed by atoms with Gasteiger partial charge >= 0.3 is 0 Å². The van der Waals surface area contributed by atoms with E-state index in [1.165, 1.54) is 0 Å². The maximum Gasteiger partial charge on any atom is 0.139 e. The van der Waals surface area contributed by atoms with Crippen molar-refractivity contribution in [2.75, 3.05) is 40.0 Å². The number of rotatable bonds is 8. The molecule has 1 saturated heterocycles. The molecule has 8 heteroatoms. The zero-order valence-electron chi connectivity index (χ0n) is 19.1. The van der Waals surface area contributed by atoms with Crippen LogP contribution in [0.1, 0.15) is 35.8 Å². The van der Waals surface area contributed by atoms with Crippen molar-refractivity contribution in [3.63, 3.8) is 0 Å². The lowest BCUT2D eigenvalue weighted by Crippen LogP contribution is -2.38. The van der Waals surface area contributed by atoms with Crippen molar-refractivity contribution in [2.45, 2.75) is 32.0 Å². The van der Waals surface area contributed by atoms with Gasteiger partial charge in [-0.25, -0.2) is 0 Å². The van der Waals surface area contributed by atoms with Crippen LogP contribution in [0, 0.1) is 18.3 Å². The largest absolute Gasteiger partial charge is 0.489 e. The van der Waals surface area contributed by atoms with Crippen LogP contribution in [0.25, 0.3) is 16.7 Å². The second-order valence-corrected chi connectivity index (χ2v) is 8.42. The minimum absolute atomic E-state index is 0.253. The third kappa shape index (κ3) is 5.02. The van der Waals surface area contributed by atoms with Crippen molar-refractivity contribution in [3.8, 4) is 17.5 Å². The van der Waals surface area contributed by atoms with Gasteiger partial charge in [-0.15, -0.1) is 0 Å². The molecule has 1 atom stereocenters. The molecular weight excluding hydrogens is 420 g/mol. The van der Waals surface area contributed by atoms with Crippen LogP contribution >= 0.6 is 0 Å². The Balaban J connectivity index is 1.74. The van der Waals surface area contributed by atoms with Crippen LogP contribution < -0.4 is 4.74 Å². The normalized spacial score (nSPS) is 16.1. The highest BCUT2D eigenvalue weighted by atomic mass is 16.5. The summed E-state index contributed by atoms with van der Waals surface area (Å²) in [6, 6.07) is 11.4. The van der Waals surface area contributed by atoms with Crippen molar-refractivity contribution < 1.29 is 19.7 Å². The number of fused-ring (bicyclic) bond motifs is 1. The number of nitrogens with zero attached hydrogens (tertiary/aromatic N) is 4. The van der Waals surface area contributed by atoms with Crippen LogP contribution in [0.4, 0.5) is 0 Å². The Morgan fingerprint density at radius 1 is 1.21 bits per heavy atom. The molecule has 0 saturated carbocycles. The first kappa shape index (κ1) is 23.2. The molecule has 33 heavy (non-hydrogen) atoms. The number of ether oxygens (including phenoxy) is 2. The number of β-amino-alcohol motifs (C(OH)–C–C–N with tert-alkyl or cyclic N) is 1. The van der Waals surface area contributed by atoms with Gasteiger partial charge in [0, 0.05) is 49.8 Å². The van der Waals surface area contributed by atoms with E-state index in [-0.39, 0.29) is 6.10 Å². The molecule has 2 aromatic heterocycles. The average molecular weight is 451 g/mol. The van der Waals surface area contributed by atoms with Gasteiger partial charge in [0.2, 0.25) is 0 Å². The smallest absolute Gasteiger partial charge is 0.139 e. The second kappa shape index (κ2) is 10.3. The van der Waals surface area contributed by atoms with E-state index in [9.17, 15) is 10.2 Å². The summed E-state index contributed by atoms with van der Waals surface area (Å²) in [5.41, 5.74) is 4.69. The van der Waals surface area contributed by atoms with Crippen LogP contribution in [0.3, 0.4) is 0 Å². The minimum Gasteiger partial charge on any atom is -0.489 e. The fourth-order valence-corrected chi connectivity index (χ4v) is 4.46. The van der Waals surface area contributed by atoms with Crippen LogP contribution in [0.2, 0.25) is 0 Å². The molecule has 1 fully saturated rings. The molecule has 0 bridgehead atoms. The minimum atomic E-state index is -0.727. The number of hydrogen-bond donors (Lipinski definition) is 2. The Kier molecular flexibility index (Phi) is 7.26. The summed E-state index contributed by atoms with van der Waals surface area (Å²) in [4.78, 5) is 6.85. The van der Waals surface area contributed by atoms with Gasteiger partial charge in [0.15, 0.2) is 0 Å². The molecular formula is C25H30N4O4. The van der Waals surface area contributed by atoms with Crippen molar-refractivity contribution >= 4 is 11.0 Å². The lowest BCUT2D eigenvalue weighted by atomic mass is 10.0. The third-order valence-electron chi connectivity index (χ3n) is 6.20. The summed E-state index contributed by atoms with van der Waals surface area (Å²) < 4.78 is 12.9. The number of piperidine rings is 1. The summed E-state index contributed by atoms with van der Waals surface area (Å²) >= 11 is 0. The van der Waals surface area contributed by atoms with Gasteiger partial charge < -0.3 is 29.2 Å². The van der Waals surface area contributed by atoms with Crippen LogP contribution in [-0.4, -0.2) is 70.7 Å². The average Bonchev–Trinajstić information content (AvgIpc) is 3.12. The number of hydrogen-bond acceptors (Lipinski definition) is 7. The van der Waals surface area contributed by atoms with E-state index in [4.69, 9.17) is 14.7 Å². The van der Waals surface area contributed by atoms with Gasteiger partial charge in [-0.2, -0.15) is 5.26 Å². The summed E-state index contributed by atoms with van der Waals surface area (Å²) in [7, 11) is 1.63. The fourth-order valence-electron chi connectivity index (χ4n) is 4.46. The van der Waals surface area contributed by atoms with Gasteiger partial charge in [0.1, 0.15) is 12.4 Å². The molecule has 1 aliphatic heterocycles. The molecule has 3 aromatic rings. The lowest BCUT2D eigenvalue weighted by Gasteiger charge is -2.31. The molecule has 0 amide bonds. The van der Waals surface area contributed by atoms with Gasteiger partial charge in [0.05, 0.1) is 47.7 Å². The first-order valence-electron chi connectivity index (χ1n) is 11.2. The molecule has 0 radical (unpaired) electrons. The summed E-state index contributed by atoms with van der Waals surface area (Å²) in [5, 5.41) is 30.2. The Morgan fingerprint density at radius 3 is 2.61 bits per heavy atom. The van der Waals surface area contributed by atoms with E-state index < -0.39 is 6.10 Å². The van der Waals surface area contributed by atoms with Crippen molar-refractivity contribution in [1.29, 1.82) is 5.26 Å². The molecule has 1 aliphatic rings. The van der Waals surface area contributed by atoms with E-state index in [1.807, 2.05) is 29.7 Å². The summed E-state index contributed by atoms with van der Waals surface area (Å²) in [6.45, 7) is 4.86. The molecule has 174 valence electrons. The fraction of sp³-hybridized carbons (Fsp3) is 0.440.